The van der Waals surface area contributed by atoms with Gasteiger partial charge in [-0.05, 0) is 24.6 Å². The van der Waals surface area contributed by atoms with Crippen molar-refractivity contribution in [1.82, 2.24) is 10.6 Å². The van der Waals surface area contributed by atoms with Gasteiger partial charge in [-0.25, -0.2) is 9.18 Å². The molecule has 0 aliphatic carbocycles. The van der Waals surface area contributed by atoms with Gasteiger partial charge in [-0.3, -0.25) is 0 Å². The zero-order valence-electron chi connectivity index (χ0n) is 11.5. The highest BCUT2D eigenvalue weighted by molar-refractivity contribution is 5.74. The molecule has 0 bridgehead atoms. The number of carbonyl (C=O) groups excluding carboxylic acids is 1. The fourth-order valence-electron chi connectivity index (χ4n) is 1.62. The summed E-state index contributed by atoms with van der Waals surface area (Å²) in [5.41, 5.74) is 0.650. The molecule has 0 aliphatic heterocycles. The highest BCUT2D eigenvalue weighted by Crippen LogP contribution is 2.22. The molecule has 0 heterocycles. The molecule has 1 aromatic rings. The molecule has 1 unspecified atom stereocenters. The van der Waals surface area contributed by atoms with Crippen LogP contribution in [0.2, 0.25) is 0 Å². The number of amides is 2. The molecule has 2 amide bonds. The lowest BCUT2D eigenvalue weighted by atomic mass is 9.84. The van der Waals surface area contributed by atoms with Crippen molar-refractivity contribution in [3.05, 3.63) is 35.6 Å². The summed E-state index contributed by atoms with van der Waals surface area (Å²) in [7, 11) is 0. The fraction of sp³-hybridized carbons (Fsp3) is 0.500. The molecule has 0 fully saturated rings. The van der Waals surface area contributed by atoms with Crippen LogP contribution in [0.15, 0.2) is 24.3 Å². The summed E-state index contributed by atoms with van der Waals surface area (Å²) < 4.78 is 12.9. The van der Waals surface area contributed by atoms with Crippen molar-refractivity contribution in [1.29, 1.82) is 0 Å². The molecule has 1 rings (SSSR count). The van der Waals surface area contributed by atoms with Crippen molar-refractivity contribution >= 4 is 6.03 Å². The van der Waals surface area contributed by atoms with Gasteiger partial charge in [0.05, 0.1) is 12.6 Å². The molecule has 0 radical (unpaired) electrons. The number of nitrogens with one attached hydrogen (secondary N) is 2. The van der Waals surface area contributed by atoms with Crippen molar-refractivity contribution in [2.45, 2.75) is 32.2 Å². The zero-order chi connectivity index (χ0) is 14.5. The monoisotopic (exact) mass is 268 g/mol. The molecule has 1 aromatic carbocycles. The average Bonchev–Trinajstić information content (AvgIpc) is 2.37. The minimum absolute atomic E-state index is 0.102. The molecular weight excluding hydrogens is 247 g/mol. The van der Waals surface area contributed by atoms with Gasteiger partial charge >= 0.3 is 6.03 Å². The second-order valence-electron chi connectivity index (χ2n) is 5.30. The van der Waals surface area contributed by atoms with Crippen LogP contribution in [-0.2, 0) is 5.41 Å². The second-order valence-corrected chi connectivity index (χ2v) is 5.30. The summed E-state index contributed by atoms with van der Waals surface area (Å²) in [4.78, 5) is 11.6. The van der Waals surface area contributed by atoms with Crippen LogP contribution in [0.1, 0.15) is 26.3 Å². The van der Waals surface area contributed by atoms with Gasteiger partial charge in [0, 0.05) is 12.0 Å². The van der Waals surface area contributed by atoms with Crippen LogP contribution in [0.5, 0.6) is 0 Å². The highest BCUT2D eigenvalue weighted by Gasteiger charge is 2.21. The third-order valence-electron chi connectivity index (χ3n) is 2.97. The minimum Gasteiger partial charge on any atom is -0.394 e. The molecule has 0 saturated carbocycles. The van der Waals surface area contributed by atoms with Crippen LogP contribution >= 0.6 is 0 Å². The highest BCUT2D eigenvalue weighted by atomic mass is 19.1. The third kappa shape index (κ3) is 4.87. The number of carbonyl (C=O) groups is 1. The second kappa shape index (κ2) is 6.52. The van der Waals surface area contributed by atoms with E-state index < -0.39 is 0 Å². The lowest BCUT2D eigenvalue weighted by Crippen LogP contribution is -2.46. The van der Waals surface area contributed by atoms with Gasteiger partial charge in [0.15, 0.2) is 0 Å². The van der Waals surface area contributed by atoms with E-state index in [4.69, 9.17) is 5.11 Å². The molecule has 4 nitrogen and oxygen atoms in total. The third-order valence-corrected chi connectivity index (χ3v) is 2.97. The average molecular weight is 268 g/mol. The minimum atomic E-state index is -0.322. The number of rotatable bonds is 5. The number of aliphatic hydroxyl groups is 1. The molecule has 0 aromatic heterocycles. The van der Waals surface area contributed by atoms with E-state index in [1.807, 2.05) is 13.8 Å². The predicted molar refractivity (Wildman–Crippen MR) is 72.5 cm³/mol. The molecule has 1 atom stereocenters. The van der Waals surface area contributed by atoms with Gasteiger partial charge in [0.2, 0.25) is 0 Å². The molecular formula is C14H21FN2O2. The van der Waals surface area contributed by atoms with Gasteiger partial charge in [-0.15, -0.1) is 0 Å². The van der Waals surface area contributed by atoms with E-state index in [2.05, 4.69) is 10.6 Å². The van der Waals surface area contributed by atoms with Gasteiger partial charge in [0.1, 0.15) is 5.82 Å². The fourth-order valence-corrected chi connectivity index (χ4v) is 1.62. The van der Waals surface area contributed by atoms with E-state index in [9.17, 15) is 9.18 Å². The first-order valence-electron chi connectivity index (χ1n) is 6.26. The van der Waals surface area contributed by atoms with Gasteiger partial charge in [-0.1, -0.05) is 26.0 Å². The van der Waals surface area contributed by atoms with Crippen LogP contribution in [0.4, 0.5) is 9.18 Å². The van der Waals surface area contributed by atoms with Crippen LogP contribution in [0.25, 0.3) is 0 Å². The summed E-state index contributed by atoms with van der Waals surface area (Å²) in [6, 6.07) is 5.64. The molecule has 0 saturated heterocycles. The SMILES string of the molecule is CC(CO)NC(=O)NCC(C)(C)c1ccc(F)cc1. The van der Waals surface area contributed by atoms with Crippen LogP contribution in [0.3, 0.4) is 0 Å². The summed E-state index contributed by atoms with van der Waals surface area (Å²) in [5, 5.41) is 14.2. The molecule has 106 valence electrons. The molecule has 0 spiro atoms. The van der Waals surface area contributed by atoms with E-state index in [0.717, 1.165) is 5.56 Å². The summed E-state index contributed by atoms with van der Waals surface area (Å²) in [6.07, 6.45) is 0. The Kier molecular flexibility index (Phi) is 5.30. The van der Waals surface area contributed by atoms with Crippen LogP contribution < -0.4 is 10.6 Å². The van der Waals surface area contributed by atoms with Crippen molar-refractivity contribution in [3.63, 3.8) is 0 Å². The van der Waals surface area contributed by atoms with Crippen molar-refractivity contribution in [2.24, 2.45) is 0 Å². The Morgan fingerprint density at radius 2 is 1.95 bits per heavy atom. The Hall–Kier alpha value is -1.62. The lowest BCUT2D eigenvalue weighted by Gasteiger charge is -2.26. The van der Waals surface area contributed by atoms with Crippen molar-refractivity contribution < 1.29 is 14.3 Å². The first kappa shape index (κ1) is 15.4. The summed E-state index contributed by atoms with van der Waals surface area (Å²) in [6.45, 7) is 5.97. The van der Waals surface area contributed by atoms with E-state index >= 15 is 0 Å². The standard InChI is InChI=1S/C14H21FN2O2/c1-10(8-18)17-13(19)16-9-14(2,3)11-4-6-12(15)7-5-11/h4-7,10,18H,8-9H2,1-3H3,(H2,16,17,19). The number of halogens is 1. The number of hydrogen-bond acceptors (Lipinski definition) is 2. The normalized spacial score (nSPS) is 12.9. The van der Waals surface area contributed by atoms with E-state index in [1.54, 1.807) is 19.1 Å². The van der Waals surface area contributed by atoms with Crippen LogP contribution in [0, 0.1) is 5.82 Å². The molecule has 5 heteroatoms. The van der Waals surface area contributed by atoms with Crippen LogP contribution in [-0.4, -0.2) is 30.3 Å². The smallest absolute Gasteiger partial charge is 0.315 e. The van der Waals surface area contributed by atoms with Gasteiger partial charge in [0.25, 0.3) is 0 Å². The Balaban J connectivity index is 2.55. The lowest BCUT2D eigenvalue weighted by molar-refractivity contribution is 0.218. The van der Waals surface area contributed by atoms with E-state index in [1.165, 1.54) is 12.1 Å². The maximum Gasteiger partial charge on any atom is 0.315 e. The first-order chi connectivity index (χ1) is 8.85. The van der Waals surface area contributed by atoms with Gasteiger partial charge < -0.3 is 15.7 Å². The Morgan fingerprint density at radius 3 is 2.47 bits per heavy atom. The maximum absolute atomic E-state index is 12.9. The number of urea groups is 1. The maximum atomic E-state index is 12.9. The Bertz CT molecular complexity index is 418. The predicted octanol–water partition coefficient (Wildman–Crippen LogP) is 1.78. The Labute approximate surface area is 113 Å². The quantitative estimate of drug-likeness (QED) is 0.762. The molecule has 3 N–H and O–H groups in total. The number of aliphatic hydroxyl groups excluding tert-OH is 1. The first-order valence-corrected chi connectivity index (χ1v) is 6.26. The summed E-state index contributed by atoms with van der Waals surface area (Å²) in [5.74, 6) is -0.276. The number of benzene rings is 1. The summed E-state index contributed by atoms with van der Waals surface area (Å²) >= 11 is 0. The van der Waals surface area contributed by atoms with Crippen molar-refractivity contribution in [2.75, 3.05) is 13.2 Å². The van der Waals surface area contributed by atoms with Gasteiger partial charge in [-0.2, -0.15) is 0 Å². The zero-order valence-corrected chi connectivity index (χ0v) is 11.5. The molecule has 0 aliphatic rings. The number of hydrogen-bond donors (Lipinski definition) is 3. The van der Waals surface area contributed by atoms with E-state index in [-0.39, 0.29) is 29.9 Å². The topological polar surface area (TPSA) is 61.4 Å². The largest absolute Gasteiger partial charge is 0.394 e. The Morgan fingerprint density at radius 1 is 1.37 bits per heavy atom. The van der Waals surface area contributed by atoms with Crippen molar-refractivity contribution in [3.8, 4) is 0 Å². The molecule has 19 heavy (non-hydrogen) atoms. The van der Waals surface area contributed by atoms with E-state index in [0.29, 0.717) is 6.54 Å².